The standard InChI is InChI=1S/C13H8BrClN2OS/c14-10-7-6-9(18-10)12-16-17-13(19-12)11(15)8-4-2-1-3-5-8/h1-7,11H. The van der Waals surface area contributed by atoms with Crippen molar-refractivity contribution in [1.29, 1.82) is 0 Å². The number of hydrogen-bond acceptors (Lipinski definition) is 4. The Balaban J connectivity index is 1.89. The summed E-state index contributed by atoms with van der Waals surface area (Å²) >= 11 is 11.1. The lowest BCUT2D eigenvalue weighted by Crippen LogP contribution is -1.91. The third-order valence-corrected chi connectivity index (χ3v) is 4.55. The fraction of sp³-hybridized carbons (Fsp3) is 0.0769. The minimum absolute atomic E-state index is 0.286. The van der Waals surface area contributed by atoms with E-state index in [0.717, 1.165) is 15.6 Å². The van der Waals surface area contributed by atoms with Crippen molar-refractivity contribution in [2.45, 2.75) is 5.38 Å². The highest BCUT2D eigenvalue weighted by Gasteiger charge is 2.18. The van der Waals surface area contributed by atoms with Crippen LogP contribution in [0.3, 0.4) is 0 Å². The molecule has 0 saturated heterocycles. The van der Waals surface area contributed by atoms with Crippen molar-refractivity contribution in [3.63, 3.8) is 0 Å². The number of rotatable bonds is 3. The maximum Gasteiger partial charge on any atom is 0.183 e. The Morgan fingerprint density at radius 3 is 2.58 bits per heavy atom. The van der Waals surface area contributed by atoms with Crippen LogP contribution in [0.25, 0.3) is 10.8 Å². The second-order valence-corrected chi connectivity index (χ2v) is 6.05. The highest BCUT2D eigenvalue weighted by atomic mass is 79.9. The molecule has 0 fully saturated rings. The van der Waals surface area contributed by atoms with E-state index in [0.29, 0.717) is 10.4 Å². The van der Waals surface area contributed by atoms with Crippen LogP contribution in [0.4, 0.5) is 0 Å². The van der Waals surface area contributed by atoms with E-state index in [9.17, 15) is 0 Å². The van der Waals surface area contributed by atoms with Gasteiger partial charge in [0.05, 0.1) is 0 Å². The van der Waals surface area contributed by atoms with E-state index in [1.54, 1.807) is 0 Å². The maximum absolute atomic E-state index is 6.41. The normalized spacial score (nSPS) is 12.5. The minimum Gasteiger partial charge on any atom is -0.447 e. The number of halogens is 2. The van der Waals surface area contributed by atoms with Gasteiger partial charge >= 0.3 is 0 Å². The molecule has 3 nitrogen and oxygen atoms in total. The van der Waals surface area contributed by atoms with Gasteiger partial charge in [0.25, 0.3) is 0 Å². The first-order chi connectivity index (χ1) is 9.24. The summed E-state index contributed by atoms with van der Waals surface area (Å²) in [6.07, 6.45) is 0. The van der Waals surface area contributed by atoms with E-state index in [1.807, 2.05) is 42.5 Å². The monoisotopic (exact) mass is 354 g/mol. The highest BCUT2D eigenvalue weighted by Crippen LogP contribution is 2.34. The molecule has 0 bridgehead atoms. The number of nitrogens with zero attached hydrogens (tertiary/aromatic N) is 2. The Kier molecular flexibility index (Phi) is 3.68. The van der Waals surface area contributed by atoms with E-state index in [1.165, 1.54) is 11.3 Å². The van der Waals surface area contributed by atoms with E-state index in [-0.39, 0.29) is 5.38 Å². The molecule has 2 heterocycles. The number of alkyl halides is 1. The summed E-state index contributed by atoms with van der Waals surface area (Å²) in [5.41, 5.74) is 1.01. The van der Waals surface area contributed by atoms with E-state index in [4.69, 9.17) is 16.0 Å². The summed E-state index contributed by atoms with van der Waals surface area (Å²) in [5, 5.41) is 9.45. The second kappa shape index (κ2) is 5.45. The van der Waals surface area contributed by atoms with Gasteiger partial charge in [-0.05, 0) is 33.6 Å². The molecule has 3 aromatic rings. The van der Waals surface area contributed by atoms with Crippen molar-refractivity contribution in [2.75, 3.05) is 0 Å². The van der Waals surface area contributed by atoms with Crippen molar-refractivity contribution >= 4 is 38.9 Å². The molecule has 0 aliphatic heterocycles. The van der Waals surface area contributed by atoms with Gasteiger partial charge in [0, 0.05) is 0 Å². The fourth-order valence-corrected chi connectivity index (χ4v) is 3.07. The zero-order valence-electron chi connectivity index (χ0n) is 9.59. The average Bonchev–Trinajstić information content (AvgIpc) is 3.07. The van der Waals surface area contributed by atoms with Crippen molar-refractivity contribution < 1.29 is 4.42 Å². The van der Waals surface area contributed by atoms with Gasteiger partial charge in [-0.25, -0.2) is 0 Å². The SMILES string of the molecule is ClC(c1ccccc1)c1nnc(-c2ccc(Br)o2)s1. The summed E-state index contributed by atoms with van der Waals surface area (Å²) < 4.78 is 6.12. The van der Waals surface area contributed by atoms with Crippen molar-refractivity contribution in [2.24, 2.45) is 0 Å². The number of aromatic nitrogens is 2. The van der Waals surface area contributed by atoms with Crippen molar-refractivity contribution in [1.82, 2.24) is 10.2 Å². The Bertz CT molecular complexity index is 683. The molecule has 1 atom stereocenters. The van der Waals surface area contributed by atoms with Gasteiger partial charge in [0.2, 0.25) is 0 Å². The smallest absolute Gasteiger partial charge is 0.183 e. The first-order valence-corrected chi connectivity index (χ1v) is 7.57. The lowest BCUT2D eigenvalue weighted by molar-refractivity contribution is 0.554. The molecule has 6 heteroatoms. The molecule has 3 rings (SSSR count). The van der Waals surface area contributed by atoms with Crippen LogP contribution in [0.1, 0.15) is 15.9 Å². The lowest BCUT2D eigenvalue weighted by Gasteiger charge is -2.04. The zero-order chi connectivity index (χ0) is 13.2. The third-order valence-electron chi connectivity index (χ3n) is 2.53. The third kappa shape index (κ3) is 2.73. The molecular formula is C13H8BrClN2OS. The van der Waals surface area contributed by atoms with Gasteiger partial charge in [0.15, 0.2) is 15.4 Å². The molecule has 0 saturated carbocycles. The average molecular weight is 356 g/mol. The molecular weight excluding hydrogens is 348 g/mol. The van der Waals surface area contributed by atoms with Crippen LogP contribution in [0.5, 0.6) is 0 Å². The van der Waals surface area contributed by atoms with Gasteiger partial charge in [0.1, 0.15) is 10.4 Å². The van der Waals surface area contributed by atoms with Gasteiger partial charge in [-0.15, -0.1) is 21.8 Å². The van der Waals surface area contributed by atoms with Gasteiger partial charge in [-0.3, -0.25) is 0 Å². The molecule has 0 spiro atoms. The summed E-state index contributed by atoms with van der Waals surface area (Å²) in [6, 6.07) is 13.5. The van der Waals surface area contributed by atoms with Crippen LogP contribution in [0.2, 0.25) is 0 Å². The van der Waals surface area contributed by atoms with E-state index < -0.39 is 0 Å². The van der Waals surface area contributed by atoms with Crippen LogP contribution in [0, 0.1) is 0 Å². The topological polar surface area (TPSA) is 38.9 Å². The first kappa shape index (κ1) is 12.8. The Labute approximate surface area is 127 Å². The first-order valence-electron chi connectivity index (χ1n) is 5.52. The molecule has 1 unspecified atom stereocenters. The molecule has 1 aromatic carbocycles. The molecule has 19 heavy (non-hydrogen) atoms. The molecule has 0 amide bonds. The predicted molar refractivity (Wildman–Crippen MR) is 79.4 cm³/mol. The zero-order valence-corrected chi connectivity index (χ0v) is 12.7. The van der Waals surface area contributed by atoms with Crippen molar-refractivity contribution in [3.05, 3.63) is 57.7 Å². The number of benzene rings is 1. The number of furan rings is 1. The van der Waals surface area contributed by atoms with Crippen LogP contribution >= 0.6 is 38.9 Å². The minimum atomic E-state index is -0.286. The molecule has 0 aliphatic carbocycles. The fourth-order valence-electron chi connectivity index (χ4n) is 1.63. The largest absolute Gasteiger partial charge is 0.447 e. The molecule has 0 N–H and O–H groups in total. The van der Waals surface area contributed by atoms with Gasteiger partial charge < -0.3 is 4.42 Å². The summed E-state index contributed by atoms with van der Waals surface area (Å²) in [4.78, 5) is 0. The molecule has 96 valence electrons. The van der Waals surface area contributed by atoms with Crippen LogP contribution in [-0.4, -0.2) is 10.2 Å². The Morgan fingerprint density at radius 2 is 1.89 bits per heavy atom. The summed E-state index contributed by atoms with van der Waals surface area (Å²) in [6.45, 7) is 0. The Hall–Kier alpha value is -1.17. The van der Waals surface area contributed by atoms with Crippen molar-refractivity contribution in [3.8, 4) is 10.8 Å². The Morgan fingerprint density at radius 1 is 1.11 bits per heavy atom. The van der Waals surface area contributed by atoms with Crippen LogP contribution in [-0.2, 0) is 0 Å². The maximum atomic E-state index is 6.41. The molecule has 2 aromatic heterocycles. The van der Waals surface area contributed by atoms with Gasteiger partial charge in [-0.1, -0.05) is 41.7 Å². The molecule has 0 radical (unpaired) electrons. The summed E-state index contributed by atoms with van der Waals surface area (Å²) in [7, 11) is 0. The molecule has 0 aliphatic rings. The van der Waals surface area contributed by atoms with Gasteiger partial charge in [-0.2, -0.15) is 0 Å². The number of hydrogen-bond donors (Lipinski definition) is 0. The second-order valence-electron chi connectivity index (χ2n) is 3.82. The highest BCUT2D eigenvalue weighted by molar-refractivity contribution is 9.10. The van der Waals surface area contributed by atoms with Crippen LogP contribution in [0.15, 0.2) is 51.6 Å². The van der Waals surface area contributed by atoms with E-state index >= 15 is 0 Å². The lowest BCUT2D eigenvalue weighted by atomic mass is 10.1. The van der Waals surface area contributed by atoms with Crippen LogP contribution < -0.4 is 0 Å². The predicted octanol–water partition coefficient (Wildman–Crippen LogP) is 4.89. The summed E-state index contributed by atoms with van der Waals surface area (Å²) in [5.74, 6) is 0.688. The van der Waals surface area contributed by atoms with E-state index in [2.05, 4.69) is 26.1 Å². The quantitative estimate of drug-likeness (QED) is 0.628.